The molecule has 2 saturated carbocycles. The molecule has 0 aromatic rings. The Morgan fingerprint density at radius 1 is 0.842 bits per heavy atom. The largest absolute Gasteiger partial charge is 1.00 e. The van der Waals surface area contributed by atoms with E-state index < -0.39 is 0 Å². The van der Waals surface area contributed by atoms with Crippen molar-refractivity contribution in [2.24, 2.45) is 11.8 Å². The van der Waals surface area contributed by atoms with Crippen molar-refractivity contribution < 1.29 is 22.0 Å². The zero-order valence-electron chi connectivity index (χ0n) is 12.1. The summed E-state index contributed by atoms with van der Waals surface area (Å²) in [5, 5.41) is 3.89. The molecule has 2 aliphatic carbocycles. The van der Waals surface area contributed by atoms with Gasteiger partial charge >= 0.3 is 0 Å². The average Bonchev–Trinajstić information content (AvgIpc) is 2.97. The molecule has 3 aliphatic rings. The van der Waals surface area contributed by atoms with Gasteiger partial charge in [0.05, 0.1) is 12.6 Å². The summed E-state index contributed by atoms with van der Waals surface area (Å²) in [6, 6.07) is 0.786. The minimum Gasteiger partial charge on any atom is -1.00 e. The molecule has 0 bridgehead atoms. The second-order valence-electron chi connectivity index (χ2n) is 6.61. The Balaban J connectivity index is 0.00000133. The Hall–Kier alpha value is -0.0500. The molecule has 3 rings (SSSR count). The molecule has 1 heterocycles. The van der Waals surface area contributed by atoms with Crippen LogP contribution in [0.25, 0.3) is 0 Å². The van der Waals surface area contributed by atoms with Gasteiger partial charge in [0.15, 0.2) is 0 Å². The molecule has 0 aromatic heterocycles. The molecule has 1 aliphatic heterocycles. The van der Waals surface area contributed by atoms with Gasteiger partial charge in [-0.3, -0.25) is 10.3 Å². The van der Waals surface area contributed by atoms with Crippen molar-refractivity contribution in [1.29, 1.82) is 0 Å². The van der Waals surface area contributed by atoms with Gasteiger partial charge in [-0.05, 0) is 44.4 Å². The molecule has 19 heavy (non-hydrogen) atoms. The van der Waals surface area contributed by atoms with Crippen molar-refractivity contribution in [3.8, 4) is 0 Å². The summed E-state index contributed by atoms with van der Waals surface area (Å²) < 4.78 is 0. The van der Waals surface area contributed by atoms with E-state index in [2.05, 4.69) is 10.3 Å². The maximum atomic E-state index is 3.89. The highest BCUT2D eigenvalue weighted by molar-refractivity contribution is 5.76. The van der Waals surface area contributed by atoms with Gasteiger partial charge in [0.1, 0.15) is 0 Å². The van der Waals surface area contributed by atoms with E-state index in [1.807, 2.05) is 0 Å². The molecular formula is C16H29BrN2. The zero-order chi connectivity index (χ0) is 12.2. The van der Waals surface area contributed by atoms with Gasteiger partial charge in [-0.15, -0.1) is 0 Å². The quantitative estimate of drug-likeness (QED) is 0.667. The lowest BCUT2D eigenvalue weighted by molar-refractivity contribution is -0.460. The Bertz CT molecular complexity index is 297. The van der Waals surface area contributed by atoms with Crippen LogP contribution in [0.3, 0.4) is 0 Å². The molecule has 110 valence electrons. The highest BCUT2D eigenvalue weighted by atomic mass is 79.9. The van der Waals surface area contributed by atoms with Crippen LogP contribution in [0.2, 0.25) is 0 Å². The predicted molar refractivity (Wildman–Crippen MR) is 75.5 cm³/mol. The third kappa shape index (κ3) is 3.96. The first kappa shape index (κ1) is 15.3. The summed E-state index contributed by atoms with van der Waals surface area (Å²) in [7, 11) is 0. The van der Waals surface area contributed by atoms with Crippen LogP contribution in [0.15, 0.2) is 0 Å². The molecule has 0 radical (unpaired) electrons. The monoisotopic (exact) mass is 328 g/mol. The topological polar surface area (TPSA) is 26.0 Å². The van der Waals surface area contributed by atoms with Crippen LogP contribution in [0, 0.1) is 11.8 Å². The molecular weight excluding hydrogens is 300 g/mol. The van der Waals surface area contributed by atoms with Gasteiger partial charge < -0.3 is 17.0 Å². The number of rotatable bonds is 2. The molecule has 0 saturated heterocycles. The van der Waals surface area contributed by atoms with Crippen LogP contribution >= 0.6 is 0 Å². The Morgan fingerprint density at radius 2 is 1.68 bits per heavy atom. The van der Waals surface area contributed by atoms with Gasteiger partial charge in [0.25, 0.3) is 0 Å². The molecule has 0 spiro atoms. The fraction of sp³-hybridized carbons (Fsp3) is 0.938. The maximum Gasteiger partial charge on any atom is 0.242 e. The van der Waals surface area contributed by atoms with Crippen molar-refractivity contribution in [3.63, 3.8) is 0 Å². The van der Waals surface area contributed by atoms with E-state index in [-0.39, 0.29) is 17.0 Å². The number of halogens is 1. The fourth-order valence-electron chi connectivity index (χ4n) is 4.40. The van der Waals surface area contributed by atoms with Gasteiger partial charge in [-0.2, -0.15) is 0 Å². The summed E-state index contributed by atoms with van der Waals surface area (Å²) in [5.74, 6) is 3.48. The van der Waals surface area contributed by atoms with E-state index in [4.69, 9.17) is 0 Å². The van der Waals surface area contributed by atoms with Crippen molar-refractivity contribution in [1.82, 2.24) is 5.32 Å². The maximum absolute atomic E-state index is 3.89. The molecule has 0 aromatic carbocycles. The normalized spacial score (nSPS) is 32.5. The molecule has 2 N–H and O–H groups in total. The molecule has 2 atom stereocenters. The first-order valence-electron chi connectivity index (χ1n) is 8.30. The summed E-state index contributed by atoms with van der Waals surface area (Å²) >= 11 is 0. The lowest BCUT2D eigenvalue weighted by atomic mass is 9.86. The SMILES string of the molecule is C1CC[NH+]=C(N[C@@H]2CCC[C@@H]2C2CCCC2)CC1.[Br-]. The number of hydrogen-bond donors (Lipinski definition) is 2. The second-order valence-corrected chi connectivity index (χ2v) is 6.61. The lowest BCUT2D eigenvalue weighted by Crippen LogP contribution is -3.00. The summed E-state index contributed by atoms with van der Waals surface area (Å²) in [6.45, 7) is 1.18. The van der Waals surface area contributed by atoms with E-state index in [1.54, 1.807) is 0 Å². The molecule has 0 amide bonds. The first-order chi connectivity index (χ1) is 8.93. The fourth-order valence-corrected chi connectivity index (χ4v) is 4.40. The number of amidine groups is 1. The van der Waals surface area contributed by atoms with Crippen LogP contribution in [0.1, 0.15) is 70.6 Å². The highest BCUT2D eigenvalue weighted by Gasteiger charge is 2.37. The smallest absolute Gasteiger partial charge is 0.242 e. The zero-order valence-corrected chi connectivity index (χ0v) is 13.7. The third-order valence-electron chi connectivity index (χ3n) is 5.38. The minimum atomic E-state index is 0. The van der Waals surface area contributed by atoms with Crippen molar-refractivity contribution in [2.45, 2.75) is 76.7 Å². The lowest BCUT2D eigenvalue weighted by Gasteiger charge is -2.23. The van der Waals surface area contributed by atoms with Gasteiger partial charge in [-0.1, -0.05) is 25.7 Å². The Kier molecular flexibility index (Phi) is 6.18. The summed E-state index contributed by atoms with van der Waals surface area (Å²) in [4.78, 5) is 3.63. The summed E-state index contributed by atoms with van der Waals surface area (Å²) in [5.41, 5.74) is 0. The van der Waals surface area contributed by atoms with Crippen LogP contribution < -0.4 is 27.3 Å². The van der Waals surface area contributed by atoms with Crippen LogP contribution in [0.5, 0.6) is 0 Å². The first-order valence-corrected chi connectivity index (χ1v) is 8.30. The van der Waals surface area contributed by atoms with E-state index in [9.17, 15) is 0 Å². The molecule has 2 fully saturated rings. The van der Waals surface area contributed by atoms with Crippen LogP contribution in [-0.4, -0.2) is 18.4 Å². The summed E-state index contributed by atoms with van der Waals surface area (Å²) in [6.07, 6.45) is 15.7. The van der Waals surface area contributed by atoms with Crippen molar-refractivity contribution in [2.75, 3.05) is 6.54 Å². The van der Waals surface area contributed by atoms with Crippen LogP contribution in [0.4, 0.5) is 0 Å². The molecule has 3 heteroatoms. The van der Waals surface area contributed by atoms with E-state index in [0.29, 0.717) is 0 Å². The average molecular weight is 329 g/mol. The third-order valence-corrected chi connectivity index (χ3v) is 5.38. The molecule has 0 unspecified atom stereocenters. The van der Waals surface area contributed by atoms with E-state index >= 15 is 0 Å². The van der Waals surface area contributed by atoms with Gasteiger partial charge in [0.2, 0.25) is 5.84 Å². The number of hydrogen-bond acceptors (Lipinski definition) is 1. The predicted octanol–water partition coefficient (Wildman–Crippen LogP) is -1.01. The van der Waals surface area contributed by atoms with Crippen molar-refractivity contribution >= 4 is 5.84 Å². The Labute approximate surface area is 128 Å². The van der Waals surface area contributed by atoms with Crippen molar-refractivity contribution in [3.05, 3.63) is 0 Å². The number of nitrogens with one attached hydrogen (secondary N) is 2. The van der Waals surface area contributed by atoms with Gasteiger partial charge in [0, 0.05) is 12.3 Å². The highest BCUT2D eigenvalue weighted by Crippen LogP contribution is 2.40. The minimum absolute atomic E-state index is 0. The van der Waals surface area contributed by atoms with E-state index in [1.165, 1.54) is 83.0 Å². The second kappa shape index (κ2) is 7.66. The standard InChI is InChI=1S/C16H28N2.BrH/c1-2-11-16(17-12-5-1)18-15-10-6-9-14(15)13-7-3-4-8-13;/h13-15H,1-12H2,(H,17,18);1H/t14-,15-;/m1./s1. The van der Waals surface area contributed by atoms with Crippen LogP contribution in [-0.2, 0) is 0 Å². The Morgan fingerprint density at radius 3 is 2.53 bits per heavy atom. The van der Waals surface area contributed by atoms with E-state index in [0.717, 1.165) is 17.9 Å². The van der Waals surface area contributed by atoms with Gasteiger partial charge in [-0.25, -0.2) is 0 Å². The molecule has 2 nitrogen and oxygen atoms in total.